The zero-order valence-electron chi connectivity index (χ0n) is 30.4. The maximum absolute atomic E-state index is 6.89. The minimum atomic E-state index is 0.560. The lowest BCUT2D eigenvalue weighted by Gasteiger charge is -2.09. The summed E-state index contributed by atoms with van der Waals surface area (Å²) in [5.41, 5.74) is 11.4. The van der Waals surface area contributed by atoms with E-state index in [1.807, 2.05) is 60.7 Å². The van der Waals surface area contributed by atoms with E-state index < -0.39 is 0 Å². The molecule has 0 aliphatic carbocycles. The normalized spacial score (nSPS) is 11.9. The molecular formula is C51H30N4O2. The highest BCUT2D eigenvalue weighted by Crippen LogP contribution is 2.43. The van der Waals surface area contributed by atoms with E-state index >= 15 is 0 Å². The second-order valence-electron chi connectivity index (χ2n) is 14.3. The van der Waals surface area contributed by atoms with E-state index in [2.05, 4.69) is 126 Å². The van der Waals surface area contributed by atoms with Gasteiger partial charge < -0.3 is 13.4 Å². The molecule has 12 aromatic rings. The molecule has 0 spiro atoms. The number of nitrogens with zero attached hydrogens (tertiary/aromatic N) is 4. The van der Waals surface area contributed by atoms with Crippen molar-refractivity contribution in [3.63, 3.8) is 0 Å². The molecule has 0 unspecified atom stereocenters. The number of fused-ring (bicyclic) bond motifs is 9. The van der Waals surface area contributed by atoms with Gasteiger partial charge in [0.1, 0.15) is 22.3 Å². The van der Waals surface area contributed by atoms with Crippen LogP contribution >= 0.6 is 0 Å². The molecule has 0 bridgehead atoms. The summed E-state index contributed by atoms with van der Waals surface area (Å²) in [5.74, 6) is 1.73. The fraction of sp³-hybridized carbons (Fsp3) is 0. The van der Waals surface area contributed by atoms with Gasteiger partial charge in [-0.05, 0) is 54.1 Å². The molecule has 0 atom stereocenters. The Morgan fingerprint density at radius 1 is 0.351 bits per heavy atom. The van der Waals surface area contributed by atoms with Crippen LogP contribution in [0.5, 0.6) is 0 Å². The Hall–Kier alpha value is -7.83. The van der Waals surface area contributed by atoms with Crippen molar-refractivity contribution in [2.24, 2.45) is 0 Å². The van der Waals surface area contributed by atoms with Gasteiger partial charge in [-0.25, -0.2) is 15.0 Å². The van der Waals surface area contributed by atoms with E-state index in [9.17, 15) is 0 Å². The van der Waals surface area contributed by atoms with Gasteiger partial charge >= 0.3 is 0 Å². The highest BCUT2D eigenvalue weighted by molar-refractivity contribution is 6.19. The third kappa shape index (κ3) is 4.87. The summed E-state index contributed by atoms with van der Waals surface area (Å²) in [6.07, 6.45) is 0. The van der Waals surface area contributed by atoms with Gasteiger partial charge in [0.25, 0.3) is 0 Å². The van der Waals surface area contributed by atoms with Crippen LogP contribution in [-0.4, -0.2) is 19.5 Å². The molecule has 6 heteroatoms. The number of para-hydroxylation sites is 4. The number of benzene rings is 8. The van der Waals surface area contributed by atoms with Gasteiger partial charge in [0.05, 0.1) is 11.0 Å². The van der Waals surface area contributed by atoms with Crippen molar-refractivity contribution in [3.05, 3.63) is 182 Å². The van der Waals surface area contributed by atoms with Crippen LogP contribution in [0.1, 0.15) is 0 Å². The Kier molecular flexibility index (Phi) is 6.83. The van der Waals surface area contributed by atoms with E-state index in [1.165, 1.54) is 10.8 Å². The lowest BCUT2D eigenvalue weighted by molar-refractivity contribution is 0.669. The van der Waals surface area contributed by atoms with Crippen molar-refractivity contribution in [3.8, 4) is 51.0 Å². The fourth-order valence-corrected chi connectivity index (χ4v) is 8.55. The molecule has 266 valence electrons. The maximum Gasteiger partial charge on any atom is 0.164 e. The molecule has 0 N–H and O–H groups in total. The van der Waals surface area contributed by atoms with E-state index in [4.69, 9.17) is 23.8 Å². The maximum atomic E-state index is 6.89. The molecule has 0 aliphatic rings. The number of rotatable bonds is 5. The van der Waals surface area contributed by atoms with Crippen LogP contribution in [0.15, 0.2) is 191 Å². The van der Waals surface area contributed by atoms with Crippen molar-refractivity contribution in [2.45, 2.75) is 0 Å². The average Bonchev–Trinajstić information content (AvgIpc) is 3.96. The highest BCUT2D eigenvalue weighted by atomic mass is 16.3. The topological polar surface area (TPSA) is 69.9 Å². The van der Waals surface area contributed by atoms with Crippen molar-refractivity contribution in [1.82, 2.24) is 19.5 Å². The van der Waals surface area contributed by atoms with E-state index in [-0.39, 0.29) is 0 Å². The summed E-state index contributed by atoms with van der Waals surface area (Å²) in [7, 11) is 0. The molecular weight excluding hydrogens is 701 g/mol. The first-order valence-electron chi connectivity index (χ1n) is 19.0. The Labute approximate surface area is 325 Å². The van der Waals surface area contributed by atoms with Gasteiger partial charge in [-0.2, -0.15) is 0 Å². The molecule has 0 radical (unpaired) electrons. The Morgan fingerprint density at radius 2 is 0.982 bits per heavy atom. The zero-order valence-corrected chi connectivity index (χ0v) is 30.4. The van der Waals surface area contributed by atoms with Crippen LogP contribution in [0.3, 0.4) is 0 Å². The van der Waals surface area contributed by atoms with Crippen LogP contribution in [0, 0.1) is 0 Å². The molecule has 0 saturated carbocycles. The van der Waals surface area contributed by atoms with Crippen molar-refractivity contribution >= 4 is 65.7 Å². The van der Waals surface area contributed by atoms with E-state index in [1.54, 1.807) is 0 Å². The monoisotopic (exact) mass is 730 g/mol. The largest absolute Gasteiger partial charge is 0.456 e. The lowest BCUT2D eigenvalue weighted by Crippen LogP contribution is -2.00. The highest BCUT2D eigenvalue weighted by Gasteiger charge is 2.21. The quantitative estimate of drug-likeness (QED) is 0.176. The number of hydrogen-bond acceptors (Lipinski definition) is 5. The van der Waals surface area contributed by atoms with Gasteiger partial charge in [0.2, 0.25) is 0 Å². The summed E-state index contributed by atoms with van der Waals surface area (Å²) >= 11 is 0. The van der Waals surface area contributed by atoms with Gasteiger partial charge in [0.15, 0.2) is 17.5 Å². The molecule has 6 nitrogen and oxygen atoms in total. The third-order valence-electron chi connectivity index (χ3n) is 11.1. The number of furan rings is 2. The SMILES string of the molecule is c1ccc(-c2nc(-c3ccc4c(c3)oc3c(-c5cccc6c5c5ccccc5n6-c5ccccc5)cccc34)nc(-c3cccc4oc5ccccc5c34)n2)cc1. The Morgan fingerprint density at radius 3 is 1.86 bits per heavy atom. The molecule has 12 rings (SSSR count). The van der Waals surface area contributed by atoms with Crippen molar-refractivity contribution in [1.29, 1.82) is 0 Å². The first-order valence-corrected chi connectivity index (χ1v) is 19.0. The third-order valence-corrected chi connectivity index (χ3v) is 11.1. The molecule has 4 aromatic heterocycles. The molecule has 0 aliphatic heterocycles. The summed E-state index contributed by atoms with van der Waals surface area (Å²) in [5, 5.41) is 6.47. The zero-order chi connectivity index (χ0) is 37.5. The van der Waals surface area contributed by atoms with Crippen molar-refractivity contribution < 1.29 is 8.83 Å². The van der Waals surface area contributed by atoms with Crippen LogP contribution in [0.2, 0.25) is 0 Å². The van der Waals surface area contributed by atoms with E-state index in [0.29, 0.717) is 17.5 Å². The Bertz CT molecular complexity index is 3530. The summed E-state index contributed by atoms with van der Waals surface area (Å²) in [4.78, 5) is 15.3. The molecule has 8 aromatic carbocycles. The smallest absolute Gasteiger partial charge is 0.164 e. The van der Waals surface area contributed by atoms with Crippen LogP contribution < -0.4 is 0 Å². The molecule has 0 fully saturated rings. The van der Waals surface area contributed by atoms with Gasteiger partial charge in [-0.15, -0.1) is 0 Å². The first-order chi connectivity index (χ1) is 28.3. The minimum Gasteiger partial charge on any atom is -0.456 e. The van der Waals surface area contributed by atoms with Crippen molar-refractivity contribution in [2.75, 3.05) is 0 Å². The van der Waals surface area contributed by atoms with Gasteiger partial charge in [-0.3, -0.25) is 0 Å². The average molecular weight is 731 g/mol. The number of aromatic nitrogens is 4. The standard InChI is InChI=1S/C51H30N4O2/c1-3-14-31(15-4-1)49-52-50(54-51(53-49)40-23-13-27-44-47(40)39-19-8-10-26-43(39)56-44)32-28-29-34-36-21-11-22-37(48(36)57-45(34)30-32)35-20-12-25-42-46(35)38-18-7-9-24-41(38)55(42)33-16-5-2-6-17-33/h1-30H. The number of hydrogen-bond donors (Lipinski definition) is 0. The molecule has 57 heavy (non-hydrogen) atoms. The molecule has 4 heterocycles. The minimum absolute atomic E-state index is 0.560. The molecule has 0 saturated heterocycles. The molecule has 0 amide bonds. The predicted octanol–water partition coefficient (Wildman–Crippen LogP) is 13.4. The van der Waals surface area contributed by atoms with Crippen LogP contribution in [0.25, 0.3) is 117 Å². The predicted molar refractivity (Wildman–Crippen MR) is 230 cm³/mol. The summed E-state index contributed by atoms with van der Waals surface area (Å²) in [6, 6.07) is 62.6. The van der Waals surface area contributed by atoms with Crippen LogP contribution in [0.4, 0.5) is 0 Å². The first kappa shape index (κ1) is 31.5. The van der Waals surface area contributed by atoms with Gasteiger partial charge in [-0.1, -0.05) is 133 Å². The lowest BCUT2D eigenvalue weighted by atomic mass is 9.97. The summed E-state index contributed by atoms with van der Waals surface area (Å²) < 4.78 is 15.5. The fourth-order valence-electron chi connectivity index (χ4n) is 8.55. The van der Waals surface area contributed by atoms with Gasteiger partial charge in [0, 0.05) is 60.3 Å². The summed E-state index contributed by atoms with van der Waals surface area (Å²) in [6.45, 7) is 0. The second kappa shape index (κ2) is 12.3. The Balaban J connectivity index is 1.05. The van der Waals surface area contributed by atoms with E-state index in [0.717, 1.165) is 88.4 Å². The van der Waals surface area contributed by atoms with Crippen LogP contribution in [-0.2, 0) is 0 Å². The second-order valence-corrected chi connectivity index (χ2v) is 14.3.